The number of nitrogens with zero attached hydrogens (tertiary/aromatic N) is 2. The van der Waals surface area contributed by atoms with Gasteiger partial charge in [0.2, 0.25) is 0 Å². The number of likely N-dealkylation sites (tertiary alicyclic amines) is 1. The lowest BCUT2D eigenvalue weighted by Crippen LogP contribution is -2.30. The Labute approximate surface area is 97.7 Å². The van der Waals surface area contributed by atoms with E-state index in [0.29, 0.717) is 17.9 Å². The molecule has 0 aliphatic carbocycles. The van der Waals surface area contributed by atoms with Gasteiger partial charge in [-0.1, -0.05) is 0 Å². The summed E-state index contributed by atoms with van der Waals surface area (Å²) in [7, 11) is 0. The molecular weight excluding hydrogens is 198 g/mol. The molecule has 0 saturated carbocycles. The molecule has 2 N–H and O–H groups in total. The Hall–Kier alpha value is -1.09. The van der Waals surface area contributed by atoms with Gasteiger partial charge in [-0.3, -0.25) is 4.90 Å². The maximum absolute atomic E-state index is 5.76. The number of nitrogens with two attached hydrogens (primary N) is 1. The SMILES string of the molecule is Cc1cc([C@H]2CCCN2C(C)C)cnc1N. The van der Waals surface area contributed by atoms with Crippen molar-refractivity contribution in [3.8, 4) is 0 Å². The number of anilines is 1. The minimum atomic E-state index is 0.534. The molecule has 1 aliphatic rings. The van der Waals surface area contributed by atoms with E-state index in [1.807, 2.05) is 13.1 Å². The highest BCUT2D eigenvalue weighted by molar-refractivity contribution is 5.40. The number of hydrogen-bond acceptors (Lipinski definition) is 3. The molecule has 1 aliphatic heterocycles. The van der Waals surface area contributed by atoms with Crippen LogP contribution < -0.4 is 5.73 Å². The summed E-state index contributed by atoms with van der Waals surface area (Å²) in [4.78, 5) is 6.82. The third-order valence-electron chi connectivity index (χ3n) is 3.48. The Kier molecular flexibility index (Phi) is 3.15. The molecule has 1 aromatic heterocycles. The molecule has 16 heavy (non-hydrogen) atoms. The van der Waals surface area contributed by atoms with Gasteiger partial charge in [-0.25, -0.2) is 4.98 Å². The molecule has 0 amide bonds. The van der Waals surface area contributed by atoms with Crippen LogP contribution in [0.3, 0.4) is 0 Å². The van der Waals surface area contributed by atoms with Gasteiger partial charge in [0.05, 0.1) is 0 Å². The normalized spacial score (nSPS) is 21.9. The summed E-state index contributed by atoms with van der Waals surface area (Å²) in [5.74, 6) is 0.651. The van der Waals surface area contributed by atoms with E-state index in [1.54, 1.807) is 0 Å². The first kappa shape index (κ1) is 11.4. The fourth-order valence-electron chi connectivity index (χ4n) is 2.55. The second-order valence-corrected chi connectivity index (χ2v) is 4.96. The van der Waals surface area contributed by atoms with Crippen LogP contribution in [-0.2, 0) is 0 Å². The van der Waals surface area contributed by atoms with Crippen LogP contribution in [0.2, 0.25) is 0 Å². The number of rotatable bonds is 2. The maximum atomic E-state index is 5.76. The van der Waals surface area contributed by atoms with Crippen molar-refractivity contribution in [2.75, 3.05) is 12.3 Å². The predicted molar refractivity (Wildman–Crippen MR) is 67.2 cm³/mol. The Balaban J connectivity index is 2.26. The van der Waals surface area contributed by atoms with Gasteiger partial charge in [-0.2, -0.15) is 0 Å². The van der Waals surface area contributed by atoms with Crippen molar-refractivity contribution in [1.29, 1.82) is 0 Å². The van der Waals surface area contributed by atoms with Gasteiger partial charge in [0.1, 0.15) is 5.82 Å². The van der Waals surface area contributed by atoms with E-state index in [-0.39, 0.29) is 0 Å². The van der Waals surface area contributed by atoms with Gasteiger partial charge in [0.15, 0.2) is 0 Å². The van der Waals surface area contributed by atoms with Crippen LogP contribution >= 0.6 is 0 Å². The predicted octanol–water partition coefficient (Wildman–Crippen LogP) is 2.52. The first-order valence-electron chi connectivity index (χ1n) is 6.07. The molecule has 88 valence electrons. The van der Waals surface area contributed by atoms with Crippen LogP contribution in [0.4, 0.5) is 5.82 Å². The van der Waals surface area contributed by atoms with Crippen molar-refractivity contribution in [2.45, 2.75) is 45.7 Å². The lowest BCUT2D eigenvalue weighted by Gasteiger charge is -2.28. The van der Waals surface area contributed by atoms with Crippen LogP contribution in [0, 0.1) is 6.92 Å². The number of nitrogen functional groups attached to an aromatic ring is 1. The molecule has 3 nitrogen and oxygen atoms in total. The summed E-state index contributed by atoms with van der Waals surface area (Å²) in [5, 5.41) is 0. The Morgan fingerprint density at radius 2 is 2.25 bits per heavy atom. The van der Waals surface area contributed by atoms with Crippen molar-refractivity contribution >= 4 is 5.82 Å². The number of pyridine rings is 1. The summed E-state index contributed by atoms with van der Waals surface area (Å²) >= 11 is 0. The third-order valence-corrected chi connectivity index (χ3v) is 3.48. The fourth-order valence-corrected chi connectivity index (χ4v) is 2.55. The molecule has 1 fully saturated rings. The van der Waals surface area contributed by atoms with Gasteiger partial charge in [-0.05, 0) is 57.4 Å². The molecule has 0 aromatic carbocycles. The molecule has 0 radical (unpaired) electrons. The minimum Gasteiger partial charge on any atom is -0.383 e. The molecule has 2 rings (SSSR count). The monoisotopic (exact) mass is 219 g/mol. The van der Waals surface area contributed by atoms with E-state index in [1.165, 1.54) is 24.9 Å². The Bertz CT molecular complexity index is 373. The number of aromatic nitrogens is 1. The molecule has 2 heterocycles. The molecule has 0 bridgehead atoms. The quantitative estimate of drug-likeness (QED) is 0.831. The van der Waals surface area contributed by atoms with Crippen LogP contribution in [0.25, 0.3) is 0 Å². The van der Waals surface area contributed by atoms with E-state index >= 15 is 0 Å². The average Bonchev–Trinajstić information content (AvgIpc) is 2.71. The van der Waals surface area contributed by atoms with Gasteiger partial charge < -0.3 is 5.73 Å². The summed E-state index contributed by atoms with van der Waals surface area (Å²) in [6.07, 6.45) is 4.46. The lowest BCUT2D eigenvalue weighted by atomic mass is 10.0. The standard InChI is InChI=1S/C13H21N3/c1-9(2)16-6-4-5-12(16)11-7-10(3)13(14)15-8-11/h7-9,12H,4-6H2,1-3H3,(H2,14,15)/t12-/m1/s1. The van der Waals surface area contributed by atoms with E-state index < -0.39 is 0 Å². The Morgan fingerprint density at radius 3 is 2.88 bits per heavy atom. The molecule has 0 spiro atoms. The van der Waals surface area contributed by atoms with Crippen LogP contribution in [-0.4, -0.2) is 22.5 Å². The topological polar surface area (TPSA) is 42.2 Å². The van der Waals surface area contributed by atoms with Crippen LogP contribution in [0.1, 0.15) is 43.9 Å². The van der Waals surface area contributed by atoms with Crippen molar-refractivity contribution in [1.82, 2.24) is 9.88 Å². The first-order valence-corrected chi connectivity index (χ1v) is 6.07. The number of hydrogen-bond donors (Lipinski definition) is 1. The zero-order valence-electron chi connectivity index (χ0n) is 10.4. The molecule has 1 saturated heterocycles. The highest BCUT2D eigenvalue weighted by Crippen LogP contribution is 2.33. The summed E-state index contributed by atoms with van der Waals surface area (Å²) in [6.45, 7) is 7.75. The summed E-state index contributed by atoms with van der Waals surface area (Å²) in [6, 6.07) is 3.32. The van der Waals surface area contributed by atoms with Crippen LogP contribution in [0.15, 0.2) is 12.3 Å². The highest BCUT2D eigenvalue weighted by Gasteiger charge is 2.28. The van der Waals surface area contributed by atoms with E-state index in [0.717, 1.165) is 5.56 Å². The number of aryl methyl sites for hydroxylation is 1. The van der Waals surface area contributed by atoms with Gasteiger partial charge in [-0.15, -0.1) is 0 Å². The second kappa shape index (κ2) is 4.42. The molecule has 0 unspecified atom stereocenters. The van der Waals surface area contributed by atoms with Crippen molar-refractivity contribution in [3.63, 3.8) is 0 Å². The molecule has 1 aromatic rings. The zero-order chi connectivity index (χ0) is 11.7. The smallest absolute Gasteiger partial charge is 0.126 e. The highest BCUT2D eigenvalue weighted by atomic mass is 15.2. The van der Waals surface area contributed by atoms with Gasteiger partial charge in [0.25, 0.3) is 0 Å². The summed E-state index contributed by atoms with van der Waals surface area (Å²) < 4.78 is 0. The summed E-state index contributed by atoms with van der Waals surface area (Å²) in [5.41, 5.74) is 8.17. The van der Waals surface area contributed by atoms with E-state index in [9.17, 15) is 0 Å². The molecule has 1 atom stereocenters. The lowest BCUT2D eigenvalue weighted by molar-refractivity contribution is 0.205. The molecular formula is C13H21N3. The zero-order valence-corrected chi connectivity index (χ0v) is 10.4. The Morgan fingerprint density at radius 1 is 1.50 bits per heavy atom. The van der Waals surface area contributed by atoms with Crippen LogP contribution in [0.5, 0.6) is 0 Å². The fraction of sp³-hybridized carbons (Fsp3) is 0.615. The maximum Gasteiger partial charge on any atom is 0.126 e. The second-order valence-electron chi connectivity index (χ2n) is 4.96. The van der Waals surface area contributed by atoms with E-state index in [2.05, 4.69) is 29.8 Å². The average molecular weight is 219 g/mol. The molecule has 3 heteroatoms. The van der Waals surface area contributed by atoms with Gasteiger partial charge >= 0.3 is 0 Å². The van der Waals surface area contributed by atoms with Gasteiger partial charge in [0, 0.05) is 18.3 Å². The minimum absolute atomic E-state index is 0.534. The van der Waals surface area contributed by atoms with Crippen molar-refractivity contribution in [3.05, 3.63) is 23.4 Å². The van der Waals surface area contributed by atoms with E-state index in [4.69, 9.17) is 5.73 Å². The largest absolute Gasteiger partial charge is 0.383 e. The first-order chi connectivity index (χ1) is 7.59. The third kappa shape index (κ3) is 2.05. The van der Waals surface area contributed by atoms with Crippen molar-refractivity contribution < 1.29 is 0 Å². The van der Waals surface area contributed by atoms with Crippen molar-refractivity contribution in [2.24, 2.45) is 0 Å².